The number of quaternary nitrogens is 1. The molecule has 0 spiro atoms. The van der Waals surface area contributed by atoms with Crippen LogP contribution in [-0.2, 0) is 84.6 Å². The summed E-state index contributed by atoms with van der Waals surface area (Å²) in [5.74, 6) is -7.82. The van der Waals surface area contributed by atoms with E-state index in [1.807, 2.05) is 48.5 Å². The highest BCUT2D eigenvalue weighted by atomic mass is 35.5. The Hall–Kier alpha value is -8.88. The van der Waals surface area contributed by atoms with Crippen molar-refractivity contribution in [2.24, 2.45) is 35.5 Å². The van der Waals surface area contributed by atoms with Gasteiger partial charge in [0.1, 0.15) is 77.6 Å². The van der Waals surface area contributed by atoms with Crippen molar-refractivity contribution in [1.29, 1.82) is 0 Å². The fraction of sp³-hybridized carbons (Fsp3) is 0.702. The van der Waals surface area contributed by atoms with Gasteiger partial charge in [-0.05, 0) is 144 Å². The lowest BCUT2D eigenvalue weighted by atomic mass is 9.91. The van der Waals surface area contributed by atoms with E-state index in [1.165, 1.54) is 54.7 Å². The van der Waals surface area contributed by atoms with Gasteiger partial charge in [-0.25, -0.2) is 14.4 Å². The van der Waals surface area contributed by atoms with Crippen LogP contribution in [0.5, 0.6) is 11.5 Å². The molecule has 4 aliphatic rings. The van der Waals surface area contributed by atoms with Gasteiger partial charge >= 0.3 is 18.0 Å². The highest BCUT2D eigenvalue weighted by molar-refractivity contribution is 5.98. The zero-order valence-electron chi connectivity index (χ0n) is 71.8. The van der Waals surface area contributed by atoms with Crippen molar-refractivity contribution in [2.75, 3.05) is 41.4 Å². The van der Waals surface area contributed by atoms with Gasteiger partial charge in [-0.3, -0.25) is 47.9 Å². The molecule has 0 aliphatic carbocycles. The first-order chi connectivity index (χ1) is 53.9. The van der Waals surface area contributed by atoms with Gasteiger partial charge in [-0.1, -0.05) is 128 Å². The lowest BCUT2D eigenvalue weighted by Crippen LogP contribution is -3.00. The molecule has 18 atom stereocenters. The Morgan fingerprint density at radius 3 is 1.24 bits per heavy atom. The third-order valence-corrected chi connectivity index (χ3v) is 21.8. The van der Waals surface area contributed by atoms with Crippen LogP contribution in [0.1, 0.15) is 200 Å². The van der Waals surface area contributed by atoms with Crippen molar-refractivity contribution >= 4 is 77.1 Å². The predicted molar refractivity (Wildman–Crippen MR) is 434 cm³/mol. The summed E-state index contributed by atoms with van der Waals surface area (Å²) in [6.07, 6.45) is -3.84. The maximum Gasteiger partial charge on any atom is 0.408 e. The SMILES string of the molecule is C.CC[C@H](C)[C@H]1NC(=O)[C@@H](NC(=O)OC(C)(C)C)[C@@H](C)OC(=O)[C@H](Cc2ccc(OC)cc2)N(C)C(=O)[C@@H]2CCCN2C(=O)[C@H](CC(C)C)NC(=O)[C@H](C(C)C)NC(=O)C[C@@H]1O.CC[C@H](C)[C@H]1NC(=O)[C@@H]([NH3+])[C@@H](C)OC(=O)[C@H](Cc2ccc(OC)cc2)N(C)C(=O)[C@@H]2CCCN2C(=O)[C@H](CC(C)C)NC(=O)[C@H](C(C)C)NC(=O)C[C@@H]1O.[Cl-]. The third-order valence-electron chi connectivity index (χ3n) is 21.8. The number of alkyl carbamates (subject to hydrolysis) is 1. The van der Waals surface area contributed by atoms with E-state index in [1.54, 1.807) is 111 Å². The summed E-state index contributed by atoms with van der Waals surface area (Å²) in [6.45, 7) is 30.3. The van der Waals surface area contributed by atoms with E-state index in [0.717, 1.165) is 0 Å². The second-order valence-corrected chi connectivity index (χ2v) is 33.8. The number of carbonyl (C=O) groups excluding carboxylic acids is 13. The highest BCUT2D eigenvalue weighted by Crippen LogP contribution is 2.29. The second-order valence-electron chi connectivity index (χ2n) is 33.8. The van der Waals surface area contributed by atoms with Gasteiger partial charge in [0, 0.05) is 40.0 Å². The number of halogens is 1. The zero-order chi connectivity index (χ0) is 86.4. The Balaban J connectivity index is 0.000000599. The van der Waals surface area contributed by atoms with Gasteiger partial charge in [-0.15, -0.1) is 0 Å². The highest BCUT2D eigenvalue weighted by Gasteiger charge is 2.47. The largest absolute Gasteiger partial charge is 1.00 e. The number of cyclic esters (lactones) is 2. The maximum atomic E-state index is 14.5. The number of nitrogens with zero attached hydrogens (tertiary/aromatic N) is 4. The van der Waals surface area contributed by atoms with Crippen molar-refractivity contribution in [3.05, 3.63) is 59.7 Å². The monoisotopic (exact) mass is 1670 g/mol. The molecule has 660 valence electrons. The molecule has 0 bridgehead atoms. The van der Waals surface area contributed by atoms with Crippen molar-refractivity contribution in [3.63, 3.8) is 0 Å². The molecule has 11 amide bonds. The fourth-order valence-corrected chi connectivity index (χ4v) is 14.5. The molecule has 32 nitrogen and oxygen atoms in total. The Morgan fingerprint density at radius 1 is 0.547 bits per heavy atom. The van der Waals surface area contributed by atoms with Crippen LogP contribution >= 0.6 is 0 Å². The van der Waals surface area contributed by atoms with Crippen molar-refractivity contribution in [1.82, 2.24) is 56.8 Å². The van der Waals surface area contributed by atoms with Gasteiger partial charge in [0.25, 0.3) is 5.91 Å². The van der Waals surface area contributed by atoms with Crippen molar-refractivity contribution < 1.29 is 114 Å². The lowest BCUT2D eigenvalue weighted by molar-refractivity contribution is -0.419. The molecule has 4 aliphatic heterocycles. The fourth-order valence-electron chi connectivity index (χ4n) is 14.5. The number of ether oxygens (including phenoxy) is 5. The van der Waals surface area contributed by atoms with Gasteiger partial charge in [0.05, 0.1) is 51.4 Å². The Morgan fingerprint density at radius 2 is 0.906 bits per heavy atom. The van der Waals surface area contributed by atoms with Crippen LogP contribution in [0, 0.1) is 35.5 Å². The minimum atomic E-state index is -1.57. The normalized spacial score (nSPS) is 27.7. The standard InChI is InChI=1S/C44H70N6O11.C39H62N6O9.CH4.ClH/c1-13-26(6)36-33(51)23-34(52)46-35(25(4)5)38(53)45-30(21-24(2)3)40(55)50-20-14-15-31(50)41(56)49(11)32(22-28-16-18-29(59-12)19-17-28)42(57)60-27(7)37(39(54)47-36)48-43(58)61-44(8,9)10;1-10-23(6)34-30(46)20-31(47)42-33(22(4)5)36(49)41-27(18-21(2)3)37(50)45-17-11-12-28(45)38(51)44(8)29(19-25-13-15-26(53-9)16-14-25)39(52)54-24(7)32(40)35(48)43-34;;/h16-19,24-27,30-33,35-37,51H,13-15,20-23H2,1-12H3,(H,45,53)(H,46,52)(H,47,54)(H,48,58);13-16,21-24,27-30,32-34,46H,10-12,17-20,40H2,1-9H3,(H,41,49)(H,42,47)(H,43,48);1H4;1H/t26-,27+,30-,31-,32-,33-,35-,36+,37-;23-,24+,27-,28-,29-,30-,32-,33-,34+;;/m00../s1. The van der Waals surface area contributed by atoms with E-state index >= 15 is 0 Å². The number of hydrogen-bond donors (Lipinski definition) is 10. The van der Waals surface area contributed by atoms with Crippen LogP contribution in [0.4, 0.5) is 4.79 Å². The number of methoxy groups -OCH3 is 2. The number of likely N-dealkylation sites (N-methyl/N-ethyl adjacent to an activating group) is 2. The van der Waals surface area contributed by atoms with Crippen LogP contribution in [0.15, 0.2) is 48.5 Å². The van der Waals surface area contributed by atoms with Crippen LogP contribution in [-0.4, -0.2) is 251 Å². The summed E-state index contributed by atoms with van der Waals surface area (Å²) >= 11 is 0. The summed E-state index contributed by atoms with van der Waals surface area (Å²) in [5.41, 5.74) is 4.36. The summed E-state index contributed by atoms with van der Waals surface area (Å²) < 4.78 is 27.9. The van der Waals surface area contributed by atoms with E-state index in [9.17, 15) is 72.5 Å². The lowest BCUT2D eigenvalue weighted by Gasteiger charge is -2.35. The Bertz CT molecular complexity index is 3640. The second kappa shape index (κ2) is 47.1. The molecular formula is C84H137ClN12O20. The molecule has 6 rings (SSSR count). The molecule has 33 heteroatoms. The van der Waals surface area contributed by atoms with Gasteiger partial charge in [-0.2, -0.15) is 0 Å². The molecule has 4 fully saturated rings. The molecule has 117 heavy (non-hydrogen) atoms. The Kier molecular flexibility index (Phi) is 41.1. The van der Waals surface area contributed by atoms with Crippen LogP contribution in [0.25, 0.3) is 0 Å². The number of aliphatic hydroxyl groups excluding tert-OH is 2. The number of hydrogen-bond acceptors (Lipinski definition) is 20. The van der Waals surface area contributed by atoms with E-state index in [4.69, 9.17) is 23.7 Å². The molecule has 0 saturated carbocycles. The number of carbonyl (C=O) groups is 13. The molecule has 2 aromatic rings. The number of aliphatic hydroxyl groups is 2. The average Bonchev–Trinajstić information content (AvgIpc) is 1.74. The van der Waals surface area contributed by atoms with Gasteiger partial charge in [0.15, 0.2) is 6.10 Å². The number of esters is 2. The van der Waals surface area contributed by atoms with E-state index in [2.05, 4.69) is 43.0 Å². The predicted octanol–water partition coefficient (Wildman–Crippen LogP) is 1.05. The molecule has 0 unspecified atom stereocenters. The zero-order valence-corrected chi connectivity index (χ0v) is 72.6. The maximum absolute atomic E-state index is 14.5. The number of benzene rings is 2. The number of rotatable bonds is 17. The van der Waals surface area contributed by atoms with Gasteiger partial charge < -0.3 is 109 Å². The minimum absolute atomic E-state index is 0. The molecule has 2 aromatic carbocycles. The summed E-state index contributed by atoms with van der Waals surface area (Å²) in [7, 11) is 6.00. The van der Waals surface area contributed by atoms with Crippen LogP contribution in [0.2, 0.25) is 0 Å². The van der Waals surface area contributed by atoms with Gasteiger partial charge in [0.2, 0.25) is 59.2 Å². The van der Waals surface area contributed by atoms with Crippen molar-refractivity contribution in [3.8, 4) is 11.5 Å². The van der Waals surface area contributed by atoms with Crippen LogP contribution < -0.4 is 64.8 Å². The molecule has 12 N–H and O–H groups in total. The Labute approximate surface area is 697 Å². The number of fused-ring (bicyclic) bond motifs is 2. The topological polar surface area (TPSA) is 433 Å². The summed E-state index contributed by atoms with van der Waals surface area (Å²) in [5, 5.41) is 42.1. The number of amides is 11. The third kappa shape index (κ3) is 29.6. The molecular weight excluding hydrogens is 1530 g/mol. The smallest absolute Gasteiger partial charge is 0.408 e. The molecule has 0 aromatic heterocycles. The molecule has 4 saturated heterocycles. The van der Waals surface area contributed by atoms with Crippen LogP contribution in [0.3, 0.4) is 0 Å². The van der Waals surface area contributed by atoms with E-state index in [-0.39, 0.29) is 82.3 Å². The molecule has 0 radical (unpaired) electrons. The first-order valence-electron chi connectivity index (χ1n) is 40.7. The summed E-state index contributed by atoms with van der Waals surface area (Å²) in [6, 6.07) is 0.881. The minimum Gasteiger partial charge on any atom is -1.00 e. The average molecular weight is 1670 g/mol. The number of nitrogens with one attached hydrogen (secondary N) is 7. The summed E-state index contributed by atoms with van der Waals surface area (Å²) in [4.78, 5) is 187. The first kappa shape index (κ1) is 102. The first-order valence-corrected chi connectivity index (χ1v) is 40.7. The van der Waals surface area contributed by atoms with Crippen molar-refractivity contribution in [2.45, 2.75) is 305 Å². The quantitative estimate of drug-likeness (QED) is 0.0782. The molecule has 4 heterocycles. The van der Waals surface area contributed by atoms with E-state index in [0.29, 0.717) is 61.2 Å². The van der Waals surface area contributed by atoms with E-state index < -0.39 is 204 Å².